The second-order valence-corrected chi connectivity index (χ2v) is 4.16. The van der Waals surface area contributed by atoms with Gasteiger partial charge in [0.1, 0.15) is 11.6 Å². The summed E-state index contributed by atoms with van der Waals surface area (Å²) in [6, 6.07) is 1.56. The highest BCUT2D eigenvalue weighted by Gasteiger charge is 2.28. The van der Waals surface area contributed by atoms with Crippen LogP contribution >= 0.6 is 0 Å². The Kier molecular flexibility index (Phi) is 3.27. The van der Waals surface area contributed by atoms with Crippen LogP contribution in [-0.4, -0.2) is 11.8 Å². The Morgan fingerprint density at radius 1 is 1.00 bits per heavy atom. The fourth-order valence-corrected chi connectivity index (χ4v) is 1.91. The molecule has 0 atom stereocenters. The number of anilines is 2. The van der Waals surface area contributed by atoms with Gasteiger partial charge in [0.2, 0.25) is 11.8 Å². The molecule has 0 bridgehead atoms. The van der Waals surface area contributed by atoms with Gasteiger partial charge in [-0.25, -0.2) is 13.7 Å². The van der Waals surface area contributed by atoms with Crippen LogP contribution in [0.5, 0.6) is 0 Å². The Bertz CT molecular complexity index is 499. The van der Waals surface area contributed by atoms with E-state index in [2.05, 4.69) is 0 Å². The minimum absolute atomic E-state index is 0.169. The molecular weight excluding hydrogens is 242 g/mol. The molecule has 1 aromatic rings. The molecule has 6 heteroatoms. The van der Waals surface area contributed by atoms with Gasteiger partial charge in [-0.1, -0.05) is 0 Å². The fourth-order valence-electron chi connectivity index (χ4n) is 1.91. The van der Waals surface area contributed by atoms with Crippen molar-refractivity contribution in [3.63, 3.8) is 0 Å². The molecule has 2 amide bonds. The van der Waals surface area contributed by atoms with Crippen LogP contribution in [0.3, 0.4) is 0 Å². The molecule has 1 fully saturated rings. The highest BCUT2D eigenvalue weighted by atomic mass is 19.1. The Labute approximate surface area is 102 Å². The van der Waals surface area contributed by atoms with Crippen molar-refractivity contribution >= 4 is 23.2 Å². The van der Waals surface area contributed by atoms with Crippen LogP contribution in [0, 0.1) is 11.6 Å². The second kappa shape index (κ2) is 4.72. The summed E-state index contributed by atoms with van der Waals surface area (Å²) in [5.74, 6) is -2.85. The van der Waals surface area contributed by atoms with E-state index >= 15 is 0 Å². The molecule has 0 unspecified atom stereocenters. The zero-order valence-corrected chi connectivity index (χ0v) is 9.58. The molecule has 0 aliphatic carbocycles. The molecule has 1 aliphatic heterocycles. The van der Waals surface area contributed by atoms with Crippen LogP contribution < -0.4 is 10.6 Å². The van der Waals surface area contributed by atoms with Gasteiger partial charge in [0.25, 0.3) is 0 Å². The van der Waals surface area contributed by atoms with Crippen LogP contribution in [0.15, 0.2) is 12.1 Å². The number of rotatable bonds is 1. The quantitative estimate of drug-likeness (QED) is 0.615. The van der Waals surface area contributed by atoms with E-state index in [1.54, 1.807) is 0 Å². The van der Waals surface area contributed by atoms with Gasteiger partial charge in [0, 0.05) is 18.9 Å². The standard InChI is InChI=1S/C12H12F2N2O2/c13-7-5-8(14)10(6-9(7)15)16-11(17)3-1-2-4-12(16)18/h5-6H,1-4,15H2. The van der Waals surface area contributed by atoms with E-state index in [0.29, 0.717) is 18.9 Å². The number of nitrogens with two attached hydrogens (primary N) is 1. The minimum Gasteiger partial charge on any atom is -0.396 e. The first-order valence-electron chi connectivity index (χ1n) is 5.61. The molecule has 1 saturated heterocycles. The van der Waals surface area contributed by atoms with Crippen LogP contribution in [-0.2, 0) is 9.59 Å². The first-order valence-corrected chi connectivity index (χ1v) is 5.61. The number of hydrogen-bond acceptors (Lipinski definition) is 3. The molecule has 2 rings (SSSR count). The molecule has 2 N–H and O–H groups in total. The molecular formula is C12H12F2N2O2. The molecule has 1 heterocycles. The van der Waals surface area contributed by atoms with Crippen molar-refractivity contribution in [3.05, 3.63) is 23.8 Å². The van der Waals surface area contributed by atoms with Crippen molar-refractivity contribution in [2.75, 3.05) is 10.6 Å². The molecule has 96 valence electrons. The first kappa shape index (κ1) is 12.5. The fraction of sp³-hybridized carbons (Fsp3) is 0.333. The average molecular weight is 254 g/mol. The Hall–Kier alpha value is -1.98. The van der Waals surface area contributed by atoms with Gasteiger partial charge in [-0.05, 0) is 18.9 Å². The number of nitrogens with zero attached hydrogens (tertiary/aromatic N) is 1. The minimum atomic E-state index is -0.967. The molecule has 0 radical (unpaired) electrons. The van der Waals surface area contributed by atoms with E-state index in [1.165, 1.54) is 0 Å². The third kappa shape index (κ3) is 2.18. The Morgan fingerprint density at radius 3 is 2.11 bits per heavy atom. The van der Waals surface area contributed by atoms with Crippen LogP contribution in [0.2, 0.25) is 0 Å². The normalized spacial score (nSPS) is 16.9. The lowest BCUT2D eigenvalue weighted by atomic mass is 10.2. The number of halogens is 2. The third-order valence-electron chi connectivity index (χ3n) is 2.84. The number of carbonyl (C=O) groups excluding carboxylic acids is 2. The zero-order valence-electron chi connectivity index (χ0n) is 9.58. The zero-order chi connectivity index (χ0) is 13.3. The van der Waals surface area contributed by atoms with Gasteiger partial charge in [0.15, 0.2) is 0 Å². The van der Waals surface area contributed by atoms with E-state index in [4.69, 9.17) is 5.73 Å². The third-order valence-corrected chi connectivity index (χ3v) is 2.84. The van der Waals surface area contributed by atoms with E-state index in [-0.39, 0.29) is 24.2 Å². The smallest absolute Gasteiger partial charge is 0.233 e. The van der Waals surface area contributed by atoms with Crippen LogP contribution in [0.4, 0.5) is 20.2 Å². The van der Waals surface area contributed by atoms with Crippen LogP contribution in [0.25, 0.3) is 0 Å². The van der Waals surface area contributed by atoms with Gasteiger partial charge in [-0.3, -0.25) is 9.59 Å². The van der Waals surface area contributed by atoms with Crippen molar-refractivity contribution in [1.29, 1.82) is 0 Å². The predicted molar refractivity (Wildman–Crippen MR) is 61.7 cm³/mol. The van der Waals surface area contributed by atoms with Crippen molar-refractivity contribution < 1.29 is 18.4 Å². The Balaban J connectivity index is 2.48. The monoisotopic (exact) mass is 254 g/mol. The SMILES string of the molecule is Nc1cc(N2C(=O)CCCCC2=O)c(F)cc1F. The second-order valence-electron chi connectivity index (χ2n) is 4.16. The van der Waals surface area contributed by atoms with Crippen molar-refractivity contribution in [1.82, 2.24) is 0 Å². The maximum atomic E-state index is 13.7. The average Bonchev–Trinajstić information content (AvgIpc) is 2.46. The summed E-state index contributed by atoms with van der Waals surface area (Å²) >= 11 is 0. The lowest BCUT2D eigenvalue weighted by Gasteiger charge is -2.19. The summed E-state index contributed by atoms with van der Waals surface area (Å²) in [5, 5.41) is 0. The van der Waals surface area contributed by atoms with E-state index < -0.39 is 23.4 Å². The summed E-state index contributed by atoms with van der Waals surface area (Å²) in [7, 11) is 0. The number of nitrogen functional groups attached to an aromatic ring is 1. The summed E-state index contributed by atoms with van der Waals surface area (Å²) in [6.07, 6.45) is 1.50. The van der Waals surface area contributed by atoms with E-state index in [0.717, 1.165) is 11.0 Å². The summed E-state index contributed by atoms with van der Waals surface area (Å²) in [6.45, 7) is 0. The number of benzene rings is 1. The van der Waals surface area contributed by atoms with Crippen molar-refractivity contribution in [3.8, 4) is 0 Å². The molecule has 1 aromatic carbocycles. The van der Waals surface area contributed by atoms with Gasteiger partial charge in [-0.2, -0.15) is 0 Å². The van der Waals surface area contributed by atoms with Crippen LogP contribution in [0.1, 0.15) is 25.7 Å². The first-order chi connectivity index (χ1) is 8.50. The lowest BCUT2D eigenvalue weighted by Crippen LogP contribution is -2.35. The number of imide groups is 1. The summed E-state index contributed by atoms with van der Waals surface area (Å²) in [4.78, 5) is 24.3. The van der Waals surface area contributed by atoms with E-state index in [1.807, 2.05) is 0 Å². The molecule has 0 aromatic heterocycles. The van der Waals surface area contributed by atoms with Crippen molar-refractivity contribution in [2.24, 2.45) is 0 Å². The maximum Gasteiger partial charge on any atom is 0.233 e. The molecule has 0 spiro atoms. The Morgan fingerprint density at radius 2 is 1.56 bits per heavy atom. The number of hydrogen-bond donors (Lipinski definition) is 1. The van der Waals surface area contributed by atoms with E-state index in [9.17, 15) is 18.4 Å². The number of carbonyl (C=O) groups is 2. The van der Waals surface area contributed by atoms with Gasteiger partial charge in [0.05, 0.1) is 11.4 Å². The molecule has 1 aliphatic rings. The van der Waals surface area contributed by atoms with Gasteiger partial charge >= 0.3 is 0 Å². The molecule has 4 nitrogen and oxygen atoms in total. The highest BCUT2D eigenvalue weighted by molar-refractivity contribution is 6.15. The topological polar surface area (TPSA) is 63.4 Å². The van der Waals surface area contributed by atoms with Gasteiger partial charge < -0.3 is 5.73 Å². The molecule has 0 saturated carbocycles. The largest absolute Gasteiger partial charge is 0.396 e. The van der Waals surface area contributed by atoms with Gasteiger partial charge in [-0.15, -0.1) is 0 Å². The summed E-state index contributed by atoms with van der Waals surface area (Å²) in [5.41, 5.74) is 4.77. The predicted octanol–water partition coefficient (Wildman–Crippen LogP) is 1.98. The summed E-state index contributed by atoms with van der Waals surface area (Å²) < 4.78 is 26.7. The number of amides is 2. The van der Waals surface area contributed by atoms with Crippen molar-refractivity contribution in [2.45, 2.75) is 25.7 Å². The highest BCUT2D eigenvalue weighted by Crippen LogP contribution is 2.28. The maximum absolute atomic E-state index is 13.7. The lowest BCUT2D eigenvalue weighted by molar-refractivity contribution is -0.125. The molecule has 18 heavy (non-hydrogen) atoms.